The number of benzene rings is 1. The van der Waals surface area contributed by atoms with Gasteiger partial charge in [-0.05, 0) is 24.2 Å². The molecule has 0 saturated carbocycles. The normalized spacial score (nSPS) is 13.2. The van der Waals surface area contributed by atoms with Crippen molar-refractivity contribution in [3.05, 3.63) is 24.2 Å². The second-order valence-corrected chi connectivity index (χ2v) is 1.64. The monoisotopic (exact) mass is 141 g/mol. The summed E-state index contributed by atoms with van der Waals surface area (Å²) in [6.45, 7) is 0. The fraction of sp³-hybridized carbons (Fsp3) is 0.250. The van der Waals surface area contributed by atoms with Crippen LogP contribution in [0.4, 0.5) is 0 Å². The maximum absolute atomic E-state index is 7.47. The van der Waals surface area contributed by atoms with Gasteiger partial charge in [0.25, 0.3) is 0 Å². The lowest BCUT2D eigenvalue weighted by molar-refractivity contribution is 0.403. The zero-order valence-corrected chi connectivity index (χ0v) is 5.89. The lowest BCUT2D eigenvalue weighted by Crippen LogP contribution is -1.83. The lowest BCUT2D eigenvalue weighted by Gasteiger charge is -2.00. The predicted molar refractivity (Wildman–Crippen MR) is 39.5 cm³/mol. The van der Waals surface area contributed by atoms with Crippen molar-refractivity contribution in [2.24, 2.45) is 0 Å². The van der Waals surface area contributed by atoms with Gasteiger partial charge in [0, 0.05) is 0 Å². The Labute approximate surface area is 64.6 Å². The molecule has 54 valence electrons. The first-order chi connectivity index (χ1) is 6.11. The molecule has 0 aromatic heterocycles. The molecule has 2 nitrogen and oxygen atoms in total. The van der Waals surface area contributed by atoms with Gasteiger partial charge < -0.3 is 9.47 Å². The molecule has 0 atom stereocenters. The Balaban J connectivity index is 3.37. The van der Waals surface area contributed by atoms with Crippen molar-refractivity contribution >= 4 is 0 Å². The van der Waals surface area contributed by atoms with Crippen LogP contribution in [0.3, 0.4) is 0 Å². The van der Waals surface area contributed by atoms with Gasteiger partial charge in [-0.3, -0.25) is 0 Å². The van der Waals surface area contributed by atoms with Crippen LogP contribution in [0.5, 0.6) is 11.5 Å². The third-order valence-corrected chi connectivity index (χ3v) is 1.06. The van der Waals surface area contributed by atoms with Crippen LogP contribution in [0.2, 0.25) is 0 Å². The van der Waals surface area contributed by atoms with E-state index in [-0.39, 0.29) is 29.6 Å². The summed E-state index contributed by atoms with van der Waals surface area (Å²) in [5, 5.41) is 0. The molecule has 0 bridgehead atoms. The Hall–Kier alpha value is -1.18. The quantitative estimate of drug-likeness (QED) is 0.624. The van der Waals surface area contributed by atoms with Crippen LogP contribution in [0.15, 0.2) is 24.2 Å². The molecule has 0 aliphatic rings. The molecule has 0 fully saturated rings. The first kappa shape index (κ1) is 3.86. The van der Waals surface area contributed by atoms with E-state index in [1.165, 1.54) is 20.3 Å². The molecular weight excluding hydrogens is 128 g/mol. The largest absolute Gasteiger partial charge is 0.497 e. The van der Waals surface area contributed by atoms with Crippen molar-refractivity contribution < 1.29 is 13.6 Å². The van der Waals surface area contributed by atoms with E-state index in [1.807, 2.05) is 0 Å². The Bertz CT molecular complexity index is 326. The molecule has 2 heteroatoms. The topological polar surface area (TPSA) is 18.5 Å². The Morgan fingerprint density at radius 3 is 2.30 bits per heavy atom. The summed E-state index contributed by atoms with van der Waals surface area (Å²) >= 11 is 0. The van der Waals surface area contributed by atoms with Crippen molar-refractivity contribution in [1.29, 1.82) is 0 Å². The molecule has 0 aliphatic heterocycles. The summed E-state index contributed by atoms with van der Waals surface area (Å²) in [5.74, 6) is 0.321. The molecule has 1 rings (SSSR count). The SMILES string of the molecule is [2H]c1cc(OC)c([2H])c([2H])c1OC. The molecular formula is C8H10O2. The van der Waals surface area contributed by atoms with Crippen molar-refractivity contribution in [1.82, 2.24) is 0 Å². The third kappa shape index (κ3) is 1.41. The maximum Gasteiger partial charge on any atom is 0.119 e. The minimum Gasteiger partial charge on any atom is -0.497 e. The zero-order chi connectivity index (χ0) is 10.0. The summed E-state index contributed by atoms with van der Waals surface area (Å²) in [4.78, 5) is 0. The van der Waals surface area contributed by atoms with Gasteiger partial charge in [0.1, 0.15) is 11.5 Å². The second kappa shape index (κ2) is 3.11. The van der Waals surface area contributed by atoms with E-state index in [9.17, 15) is 0 Å². The Morgan fingerprint density at radius 2 is 1.70 bits per heavy atom. The number of methoxy groups -OCH3 is 2. The van der Waals surface area contributed by atoms with Gasteiger partial charge in [0.05, 0.1) is 18.3 Å². The van der Waals surface area contributed by atoms with Crippen molar-refractivity contribution in [3.8, 4) is 11.5 Å². The van der Waals surface area contributed by atoms with Crippen LogP contribution in [-0.4, -0.2) is 14.2 Å². The highest BCUT2D eigenvalue weighted by atomic mass is 16.5. The van der Waals surface area contributed by atoms with Crippen LogP contribution >= 0.6 is 0 Å². The van der Waals surface area contributed by atoms with Crippen LogP contribution in [0, 0.1) is 0 Å². The van der Waals surface area contributed by atoms with E-state index >= 15 is 0 Å². The van der Waals surface area contributed by atoms with Gasteiger partial charge in [-0.25, -0.2) is 0 Å². The van der Waals surface area contributed by atoms with Crippen LogP contribution < -0.4 is 9.47 Å². The highest BCUT2D eigenvalue weighted by Gasteiger charge is 1.89. The number of rotatable bonds is 2. The van der Waals surface area contributed by atoms with E-state index in [4.69, 9.17) is 13.6 Å². The molecule has 0 spiro atoms. The molecule has 0 radical (unpaired) electrons. The zero-order valence-electron chi connectivity index (χ0n) is 8.89. The van der Waals surface area contributed by atoms with Gasteiger partial charge in [-0.1, -0.05) is 0 Å². The summed E-state index contributed by atoms with van der Waals surface area (Å²) in [5.41, 5.74) is 0. The molecule has 0 unspecified atom stereocenters. The van der Waals surface area contributed by atoms with Gasteiger partial charge >= 0.3 is 0 Å². The second-order valence-electron chi connectivity index (χ2n) is 1.64. The van der Waals surface area contributed by atoms with E-state index < -0.39 is 0 Å². The molecule has 1 aromatic rings. The molecule has 0 N–H and O–H groups in total. The van der Waals surface area contributed by atoms with Crippen LogP contribution in [0.25, 0.3) is 0 Å². The third-order valence-electron chi connectivity index (χ3n) is 1.06. The van der Waals surface area contributed by atoms with Gasteiger partial charge in [0.2, 0.25) is 0 Å². The first-order valence-electron chi connectivity index (χ1n) is 4.30. The van der Waals surface area contributed by atoms with E-state index in [0.29, 0.717) is 0 Å². The number of ether oxygens (including phenoxy) is 2. The number of hydrogen-bond donors (Lipinski definition) is 0. The minimum absolute atomic E-state index is 0.0559. The Kier molecular flexibility index (Phi) is 1.20. The van der Waals surface area contributed by atoms with Gasteiger partial charge in [0.15, 0.2) is 0 Å². The summed E-state index contributed by atoms with van der Waals surface area (Å²) < 4.78 is 32.0. The van der Waals surface area contributed by atoms with E-state index in [0.717, 1.165) is 0 Å². The highest BCUT2D eigenvalue weighted by Crippen LogP contribution is 2.15. The summed E-state index contributed by atoms with van der Waals surface area (Å²) in [6.07, 6.45) is 0. The molecule has 0 heterocycles. The molecule has 0 saturated heterocycles. The minimum atomic E-state index is -0.119. The molecule has 0 aliphatic carbocycles. The van der Waals surface area contributed by atoms with Crippen molar-refractivity contribution in [3.63, 3.8) is 0 Å². The van der Waals surface area contributed by atoms with E-state index in [1.54, 1.807) is 0 Å². The maximum atomic E-state index is 7.47. The molecule has 0 amide bonds. The summed E-state index contributed by atoms with van der Waals surface area (Å²) in [7, 11) is 2.77. The molecule has 10 heavy (non-hydrogen) atoms. The lowest BCUT2D eigenvalue weighted by atomic mass is 10.3. The van der Waals surface area contributed by atoms with Crippen LogP contribution in [-0.2, 0) is 0 Å². The Morgan fingerprint density at radius 1 is 1.10 bits per heavy atom. The van der Waals surface area contributed by atoms with E-state index in [2.05, 4.69) is 0 Å². The average molecular weight is 141 g/mol. The smallest absolute Gasteiger partial charge is 0.119 e. The molecule has 1 aromatic carbocycles. The van der Waals surface area contributed by atoms with Crippen LogP contribution in [0.1, 0.15) is 4.11 Å². The first-order valence-corrected chi connectivity index (χ1v) is 2.80. The highest BCUT2D eigenvalue weighted by molar-refractivity contribution is 5.30. The number of hydrogen-bond acceptors (Lipinski definition) is 2. The van der Waals surface area contributed by atoms with Crippen molar-refractivity contribution in [2.75, 3.05) is 14.2 Å². The van der Waals surface area contributed by atoms with Crippen molar-refractivity contribution in [2.45, 2.75) is 0 Å². The standard InChI is InChI=1S/C8H10O2/c1-9-7-3-5-8(10-2)6-4-7/h3-6H,1-2H3/i3D,4D,5D. The average Bonchev–Trinajstić information content (AvgIpc) is 2.12. The fourth-order valence-electron chi connectivity index (χ4n) is 0.542. The summed E-state index contributed by atoms with van der Waals surface area (Å²) in [6, 6.07) is 1.24. The van der Waals surface area contributed by atoms with Gasteiger partial charge in [-0.2, -0.15) is 0 Å². The fourth-order valence-corrected chi connectivity index (χ4v) is 0.542. The predicted octanol–water partition coefficient (Wildman–Crippen LogP) is 1.70. The van der Waals surface area contributed by atoms with Gasteiger partial charge in [-0.15, -0.1) is 0 Å².